The summed E-state index contributed by atoms with van der Waals surface area (Å²) in [4.78, 5) is 40.0. The van der Waals surface area contributed by atoms with Gasteiger partial charge in [0, 0.05) is 33.8 Å². The van der Waals surface area contributed by atoms with Crippen molar-refractivity contribution in [1.29, 1.82) is 0 Å². The summed E-state index contributed by atoms with van der Waals surface area (Å²) >= 11 is 0. The van der Waals surface area contributed by atoms with Gasteiger partial charge in [-0.2, -0.15) is 0 Å². The van der Waals surface area contributed by atoms with Gasteiger partial charge in [-0.1, -0.05) is 50.0 Å². The molecule has 9 heteroatoms. The fraction of sp³-hybridized carbons (Fsp3) is 0.472. The van der Waals surface area contributed by atoms with Crippen LogP contribution in [-0.4, -0.2) is 59.0 Å². The molecule has 1 fully saturated rings. The minimum atomic E-state index is -1.54. The number of esters is 3. The number of hydrogen-bond donors (Lipinski definition) is 0. The second-order valence-electron chi connectivity index (χ2n) is 13.3. The first-order valence-corrected chi connectivity index (χ1v) is 19.1. The Morgan fingerprint density at radius 2 is 1.53 bits per heavy atom. The number of allylic oxidation sites excluding steroid dienone is 1. The molecule has 8 nitrogen and oxygen atoms in total. The summed E-state index contributed by atoms with van der Waals surface area (Å²) in [6.07, 6.45) is 2.59. The molecule has 45 heavy (non-hydrogen) atoms. The van der Waals surface area contributed by atoms with Gasteiger partial charge in [0.2, 0.25) is 0 Å². The number of carbonyl (C=O) groups is 3. The number of benzene rings is 2. The fourth-order valence-electron chi connectivity index (χ4n) is 6.85. The van der Waals surface area contributed by atoms with Crippen LogP contribution >= 0.6 is 0 Å². The maximum atomic E-state index is 14.8. The van der Waals surface area contributed by atoms with Crippen molar-refractivity contribution in [2.45, 2.75) is 77.9 Å². The number of methoxy groups -OCH3 is 2. The van der Waals surface area contributed by atoms with Gasteiger partial charge in [-0.25, -0.2) is 0 Å². The van der Waals surface area contributed by atoms with Crippen LogP contribution in [0.25, 0.3) is 6.08 Å². The van der Waals surface area contributed by atoms with Crippen LogP contribution in [-0.2, 0) is 28.6 Å². The number of aryl methyl sites for hydroxylation is 1. The molecule has 2 aromatic rings. The van der Waals surface area contributed by atoms with Gasteiger partial charge in [0.1, 0.15) is 29.1 Å². The predicted octanol–water partition coefficient (Wildman–Crippen LogP) is 6.89. The van der Waals surface area contributed by atoms with Crippen LogP contribution < -0.4 is 9.47 Å². The number of rotatable bonds is 11. The molecule has 2 aliphatic rings. The average molecular weight is 635 g/mol. The van der Waals surface area contributed by atoms with E-state index >= 15 is 0 Å². The first kappa shape index (κ1) is 34.0. The van der Waals surface area contributed by atoms with Crippen LogP contribution in [0.4, 0.5) is 0 Å². The molecule has 242 valence electrons. The molecule has 5 unspecified atom stereocenters. The van der Waals surface area contributed by atoms with Crippen molar-refractivity contribution in [3.63, 3.8) is 0 Å². The van der Waals surface area contributed by atoms with Gasteiger partial charge in [0.25, 0.3) is 0 Å². The lowest BCUT2D eigenvalue weighted by molar-refractivity contribution is -0.174. The first-order chi connectivity index (χ1) is 21.2. The van der Waals surface area contributed by atoms with E-state index in [2.05, 4.69) is 19.6 Å². The van der Waals surface area contributed by atoms with Gasteiger partial charge in [-0.05, 0) is 78.4 Å². The fourth-order valence-corrected chi connectivity index (χ4v) is 7.57. The van der Waals surface area contributed by atoms with Crippen LogP contribution in [0, 0.1) is 18.3 Å². The molecule has 0 N–H and O–H groups in total. The van der Waals surface area contributed by atoms with Crippen LogP contribution in [0.2, 0.25) is 25.7 Å². The molecule has 1 saturated carbocycles. The third-order valence-electron chi connectivity index (χ3n) is 8.86. The van der Waals surface area contributed by atoms with Crippen LogP contribution in [0.1, 0.15) is 49.8 Å². The van der Waals surface area contributed by atoms with E-state index in [9.17, 15) is 14.4 Å². The van der Waals surface area contributed by atoms with Gasteiger partial charge >= 0.3 is 17.9 Å². The molecule has 0 amide bonds. The van der Waals surface area contributed by atoms with E-state index in [-0.39, 0.29) is 6.61 Å². The molecular formula is C36H46O8Si. The van der Waals surface area contributed by atoms with E-state index in [0.717, 1.165) is 34.1 Å². The van der Waals surface area contributed by atoms with Crippen molar-refractivity contribution < 1.29 is 38.1 Å². The first-order valence-electron chi connectivity index (χ1n) is 15.4. The van der Waals surface area contributed by atoms with E-state index in [1.54, 1.807) is 14.2 Å². The zero-order valence-electron chi connectivity index (χ0n) is 27.9. The second-order valence-corrected chi connectivity index (χ2v) is 18.9. The zero-order chi connectivity index (χ0) is 33.1. The summed E-state index contributed by atoms with van der Waals surface area (Å²) in [5, 5.41) is 0. The van der Waals surface area contributed by atoms with Crippen LogP contribution in [0.15, 0.2) is 59.7 Å². The number of hydrogen-bond acceptors (Lipinski definition) is 8. The Kier molecular flexibility index (Phi) is 10.3. The molecule has 0 aromatic heterocycles. The van der Waals surface area contributed by atoms with Crippen LogP contribution in [0.3, 0.4) is 0 Å². The Balaban J connectivity index is 2.00. The largest absolute Gasteiger partial charge is 0.497 e. The molecule has 2 aromatic carbocycles. The monoisotopic (exact) mass is 634 g/mol. The number of carbonyl (C=O) groups excluding carboxylic acids is 3. The number of fused-ring (bicyclic) bond motifs is 2. The minimum Gasteiger partial charge on any atom is -0.497 e. The van der Waals surface area contributed by atoms with Crippen molar-refractivity contribution in [1.82, 2.24) is 0 Å². The molecule has 0 radical (unpaired) electrons. The summed E-state index contributed by atoms with van der Waals surface area (Å²) in [7, 11) is 1.68. The molecule has 0 heterocycles. The summed E-state index contributed by atoms with van der Waals surface area (Å²) in [6, 6.07) is 14.2. The van der Waals surface area contributed by atoms with E-state index in [0.29, 0.717) is 17.7 Å². The predicted molar refractivity (Wildman–Crippen MR) is 176 cm³/mol. The summed E-state index contributed by atoms with van der Waals surface area (Å²) in [5.74, 6) is -0.987. The molecule has 0 saturated heterocycles. The Labute approximate surface area is 267 Å². The zero-order valence-corrected chi connectivity index (χ0v) is 28.9. The maximum Gasteiger partial charge on any atom is 0.321 e. The molecule has 0 aliphatic heterocycles. The van der Waals surface area contributed by atoms with Gasteiger partial charge in [-0.15, -0.1) is 0 Å². The Hall–Kier alpha value is -3.85. The average Bonchev–Trinajstić information content (AvgIpc) is 3.24. The lowest BCUT2D eigenvalue weighted by Crippen LogP contribution is -2.54. The molecule has 2 bridgehead atoms. The lowest BCUT2D eigenvalue weighted by atomic mass is 9.63. The molecule has 2 aliphatic carbocycles. The third-order valence-corrected chi connectivity index (χ3v) is 10.6. The highest BCUT2D eigenvalue weighted by Gasteiger charge is 2.69. The van der Waals surface area contributed by atoms with E-state index in [1.165, 1.54) is 13.8 Å². The second kappa shape index (κ2) is 13.6. The normalized spacial score (nSPS) is 24.4. The third kappa shape index (κ3) is 7.19. The molecule has 4 rings (SSSR count). The van der Waals surface area contributed by atoms with E-state index in [4.69, 9.17) is 23.7 Å². The summed E-state index contributed by atoms with van der Waals surface area (Å²) in [5.41, 5.74) is 2.64. The smallest absolute Gasteiger partial charge is 0.321 e. The maximum absolute atomic E-state index is 14.8. The van der Waals surface area contributed by atoms with Crippen molar-refractivity contribution in [2.75, 3.05) is 20.8 Å². The molecular weight excluding hydrogens is 588 g/mol. The number of ether oxygens (including phenoxy) is 5. The van der Waals surface area contributed by atoms with E-state index < -0.39 is 55.4 Å². The Morgan fingerprint density at radius 1 is 0.889 bits per heavy atom. The quantitative estimate of drug-likeness (QED) is 0.150. The summed E-state index contributed by atoms with van der Waals surface area (Å²) in [6.45, 7) is 13.5. The summed E-state index contributed by atoms with van der Waals surface area (Å²) < 4.78 is 29.2. The van der Waals surface area contributed by atoms with Crippen molar-refractivity contribution in [2.24, 2.45) is 11.3 Å². The van der Waals surface area contributed by atoms with Crippen molar-refractivity contribution in [3.8, 4) is 11.5 Å². The van der Waals surface area contributed by atoms with Gasteiger partial charge < -0.3 is 23.7 Å². The van der Waals surface area contributed by atoms with E-state index in [1.807, 2.05) is 68.5 Å². The molecule has 5 atom stereocenters. The highest BCUT2D eigenvalue weighted by Crippen LogP contribution is 2.64. The Morgan fingerprint density at radius 3 is 2.11 bits per heavy atom. The standard InChI is InChI=1S/C36H46O8Si/c1-22-18-27(20-29(19-22)41-6)32-21-30-33(43-24(3)37)23(2)31(15-12-26-10-13-28(40-5)14-11-26)36(32,34(30)44-25(4)38)35(39)42-16-17-45(7,8)9/h10-15,18-20,30,32-34H,16-17,21H2,1-9H3/b15-12+. The lowest BCUT2D eigenvalue weighted by Gasteiger charge is -2.45. The highest BCUT2D eigenvalue weighted by molar-refractivity contribution is 6.76. The highest BCUT2D eigenvalue weighted by atomic mass is 28.3. The van der Waals surface area contributed by atoms with Crippen molar-refractivity contribution in [3.05, 3.63) is 76.4 Å². The van der Waals surface area contributed by atoms with Gasteiger partial charge in [0.15, 0.2) is 0 Å². The van der Waals surface area contributed by atoms with Crippen LogP contribution in [0.5, 0.6) is 11.5 Å². The van der Waals surface area contributed by atoms with Gasteiger partial charge in [-0.3, -0.25) is 14.4 Å². The molecule has 0 spiro atoms. The SMILES string of the molecule is COc1ccc(/C=C/C2=C(C)C(OC(C)=O)C3CC(c4cc(C)cc(OC)c4)C2(C(=O)OCC[Si](C)(C)C)C3OC(C)=O)cc1. The van der Waals surface area contributed by atoms with Gasteiger partial charge in [0.05, 0.1) is 20.8 Å². The Bertz CT molecular complexity index is 1490. The topological polar surface area (TPSA) is 97.4 Å². The van der Waals surface area contributed by atoms with Crippen molar-refractivity contribution >= 4 is 32.1 Å². The minimum absolute atomic E-state index is 0.263.